The third-order valence-electron chi connectivity index (χ3n) is 1.75. The molecule has 0 heterocycles. The summed E-state index contributed by atoms with van der Waals surface area (Å²) in [4.78, 5) is 20.6. The Kier molecular flexibility index (Phi) is 3.56. The number of rotatable bonds is 4. The predicted molar refractivity (Wildman–Crippen MR) is 55.9 cm³/mol. The average molecular weight is 206 g/mol. The maximum atomic E-state index is 10.6. The Morgan fingerprint density at radius 2 is 2.13 bits per heavy atom. The molecule has 5 nitrogen and oxygen atoms in total. The highest BCUT2D eigenvalue weighted by Gasteiger charge is 2.08. The van der Waals surface area contributed by atoms with Gasteiger partial charge in [-0.05, 0) is 6.07 Å². The van der Waals surface area contributed by atoms with E-state index in [0.717, 1.165) is 0 Å². The molecule has 0 unspecified atom stereocenters. The van der Waals surface area contributed by atoms with E-state index in [-0.39, 0.29) is 12.1 Å². The van der Waals surface area contributed by atoms with Crippen molar-refractivity contribution in [2.75, 3.05) is 0 Å². The lowest BCUT2D eigenvalue weighted by atomic mass is 10.1. The molecule has 0 aromatic heterocycles. The first-order chi connectivity index (χ1) is 7.11. The lowest BCUT2D eigenvalue weighted by molar-refractivity contribution is -0.385. The van der Waals surface area contributed by atoms with Crippen LogP contribution in [0.15, 0.2) is 30.3 Å². The van der Waals surface area contributed by atoms with Gasteiger partial charge in [0.2, 0.25) is 5.91 Å². The van der Waals surface area contributed by atoms with Gasteiger partial charge in [0.25, 0.3) is 5.69 Å². The van der Waals surface area contributed by atoms with Gasteiger partial charge in [0.05, 0.1) is 10.5 Å². The second-order valence-electron chi connectivity index (χ2n) is 2.89. The van der Waals surface area contributed by atoms with E-state index in [1.54, 1.807) is 18.2 Å². The zero-order chi connectivity index (χ0) is 11.3. The molecule has 1 aromatic rings. The summed E-state index contributed by atoms with van der Waals surface area (Å²) in [6.45, 7) is 0. The predicted octanol–water partition coefficient (Wildman–Crippen LogP) is 1.48. The number of nitrogens with two attached hydrogens (primary N) is 1. The number of hydrogen-bond acceptors (Lipinski definition) is 3. The second kappa shape index (κ2) is 4.90. The largest absolute Gasteiger partial charge is 0.369 e. The van der Waals surface area contributed by atoms with Crippen LogP contribution in [-0.2, 0) is 4.79 Å². The summed E-state index contributed by atoms with van der Waals surface area (Å²) in [5.41, 5.74) is 5.40. The fourth-order valence-corrected chi connectivity index (χ4v) is 1.10. The first-order valence-electron chi connectivity index (χ1n) is 4.29. The van der Waals surface area contributed by atoms with Crippen LogP contribution in [0.1, 0.15) is 12.0 Å². The van der Waals surface area contributed by atoms with Crippen LogP contribution in [0.5, 0.6) is 0 Å². The van der Waals surface area contributed by atoms with Crippen LogP contribution >= 0.6 is 0 Å². The van der Waals surface area contributed by atoms with Crippen LogP contribution < -0.4 is 5.73 Å². The fourth-order valence-electron chi connectivity index (χ4n) is 1.10. The standard InChI is InChI=1S/C10H10N2O3/c11-10(13)7-3-5-8-4-1-2-6-9(8)12(14)15/h1-6H,7H2,(H2,11,13). The van der Waals surface area contributed by atoms with E-state index in [0.29, 0.717) is 5.56 Å². The van der Waals surface area contributed by atoms with E-state index in [9.17, 15) is 14.9 Å². The number of nitrogens with zero attached hydrogens (tertiary/aromatic N) is 1. The van der Waals surface area contributed by atoms with Gasteiger partial charge in [-0.2, -0.15) is 0 Å². The van der Waals surface area contributed by atoms with Crippen molar-refractivity contribution >= 4 is 17.7 Å². The maximum absolute atomic E-state index is 10.6. The summed E-state index contributed by atoms with van der Waals surface area (Å²) < 4.78 is 0. The minimum absolute atomic E-state index is 0.0122. The molecule has 0 spiro atoms. The van der Waals surface area contributed by atoms with Crippen molar-refractivity contribution < 1.29 is 9.72 Å². The molecule has 0 fully saturated rings. The molecule has 1 aromatic carbocycles. The number of carbonyl (C=O) groups is 1. The zero-order valence-electron chi connectivity index (χ0n) is 7.92. The quantitative estimate of drug-likeness (QED) is 0.598. The molecule has 0 aliphatic rings. The Balaban J connectivity index is 2.89. The normalized spacial score (nSPS) is 10.4. The number of carbonyl (C=O) groups excluding carboxylic acids is 1. The van der Waals surface area contributed by atoms with Crippen molar-refractivity contribution in [3.05, 3.63) is 46.0 Å². The molecule has 2 N–H and O–H groups in total. The average Bonchev–Trinajstić information content (AvgIpc) is 2.17. The Hall–Kier alpha value is -2.17. The minimum atomic E-state index is -0.468. The smallest absolute Gasteiger partial charge is 0.276 e. The molecule has 1 amide bonds. The third kappa shape index (κ3) is 3.22. The van der Waals surface area contributed by atoms with Crippen LogP contribution in [0, 0.1) is 10.1 Å². The van der Waals surface area contributed by atoms with Gasteiger partial charge in [0.1, 0.15) is 0 Å². The number of benzene rings is 1. The Labute approximate surface area is 86.4 Å². The molecule has 0 aliphatic heterocycles. The van der Waals surface area contributed by atoms with Gasteiger partial charge in [-0.3, -0.25) is 14.9 Å². The first-order valence-corrected chi connectivity index (χ1v) is 4.29. The summed E-state index contributed by atoms with van der Waals surface area (Å²) >= 11 is 0. The van der Waals surface area contributed by atoms with Crippen LogP contribution in [-0.4, -0.2) is 10.8 Å². The van der Waals surface area contributed by atoms with Crippen molar-refractivity contribution in [3.63, 3.8) is 0 Å². The summed E-state index contributed by atoms with van der Waals surface area (Å²) in [6, 6.07) is 6.29. The van der Waals surface area contributed by atoms with Crippen molar-refractivity contribution in [2.45, 2.75) is 6.42 Å². The minimum Gasteiger partial charge on any atom is -0.369 e. The van der Waals surface area contributed by atoms with Crippen molar-refractivity contribution in [2.24, 2.45) is 5.73 Å². The Bertz CT molecular complexity index is 413. The number of nitro benzene ring substituents is 1. The highest BCUT2D eigenvalue weighted by molar-refractivity contribution is 5.77. The molecule has 0 saturated heterocycles. The molecule has 78 valence electrons. The van der Waals surface area contributed by atoms with E-state index >= 15 is 0 Å². The third-order valence-corrected chi connectivity index (χ3v) is 1.75. The molecule has 1 rings (SSSR count). The van der Waals surface area contributed by atoms with E-state index in [1.807, 2.05) is 0 Å². The van der Waals surface area contributed by atoms with E-state index in [2.05, 4.69) is 0 Å². The van der Waals surface area contributed by atoms with Gasteiger partial charge in [-0.25, -0.2) is 0 Å². The zero-order valence-corrected chi connectivity index (χ0v) is 7.92. The molecule has 0 saturated carbocycles. The Morgan fingerprint density at radius 1 is 1.47 bits per heavy atom. The van der Waals surface area contributed by atoms with Crippen LogP contribution in [0.4, 0.5) is 5.69 Å². The molecule has 0 atom stereocenters. The highest BCUT2D eigenvalue weighted by atomic mass is 16.6. The van der Waals surface area contributed by atoms with Crippen molar-refractivity contribution in [1.82, 2.24) is 0 Å². The first kappa shape index (κ1) is 10.9. The highest BCUT2D eigenvalue weighted by Crippen LogP contribution is 2.18. The number of amides is 1. The molecule has 15 heavy (non-hydrogen) atoms. The summed E-state index contributed by atoms with van der Waals surface area (Å²) in [5, 5.41) is 10.6. The maximum Gasteiger partial charge on any atom is 0.276 e. The molecule has 0 radical (unpaired) electrons. The van der Waals surface area contributed by atoms with E-state index in [4.69, 9.17) is 5.73 Å². The second-order valence-corrected chi connectivity index (χ2v) is 2.89. The SMILES string of the molecule is NC(=O)CC=Cc1ccccc1[N+](=O)[O-]. The Morgan fingerprint density at radius 3 is 2.73 bits per heavy atom. The summed E-state index contributed by atoms with van der Waals surface area (Å²) in [7, 11) is 0. The van der Waals surface area contributed by atoms with Gasteiger partial charge >= 0.3 is 0 Å². The van der Waals surface area contributed by atoms with E-state index < -0.39 is 10.8 Å². The summed E-state index contributed by atoms with van der Waals surface area (Å²) in [5.74, 6) is -0.468. The van der Waals surface area contributed by atoms with Crippen molar-refractivity contribution in [1.29, 1.82) is 0 Å². The number of primary amides is 1. The summed E-state index contributed by atoms with van der Waals surface area (Å²) in [6.07, 6.45) is 3.10. The molecule has 0 bridgehead atoms. The number of nitro groups is 1. The van der Waals surface area contributed by atoms with Gasteiger partial charge in [-0.15, -0.1) is 0 Å². The molecule has 5 heteroatoms. The molecular weight excluding hydrogens is 196 g/mol. The fraction of sp³-hybridized carbons (Fsp3) is 0.100. The topological polar surface area (TPSA) is 86.2 Å². The van der Waals surface area contributed by atoms with Gasteiger partial charge in [-0.1, -0.05) is 24.3 Å². The number of hydrogen-bond donors (Lipinski definition) is 1. The van der Waals surface area contributed by atoms with Crippen LogP contribution in [0.2, 0.25) is 0 Å². The number of para-hydroxylation sites is 1. The monoisotopic (exact) mass is 206 g/mol. The van der Waals surface area contributed by atoms with Crippen LogP contribution in [0.3, 0.4) is 0 Å². The van der Waals surface area contributed by atoms with Gasteiger partial charge in [0, 0.05) is 12.5 Å². The van der Waals surface area contributed by atoms with Crippen LogP contribution in [0.25, 0.3) is 6.08 Å². The van der Waals surface area contributed by atoms with Gasteiger partial charge in [0.15, 0.2) is 0 Å². The lowest BCUT2D eigenvalue weighted by Gasteiger charge is -1.95. The van der Waals surface area contributed by atoms with Crippen molar-refractivity contribution in [3.8, 4) is 0 Å². The molecular formula is C10H10N2O3. The lowest BCUT2D eigenvalue weighted by Crippen LogP contribution is -2.07. The van der Waals surface area contributed by atoms with E-state index in [1.165, 1.54) is 18.2 Å². The molecule has 0 aliphatic carbocycles. The van der Waals surface area contributed by atoms with Gasteiger partial charge < -0.3 is 5.73 Å².